The van der Waals surface area contributed by atoms with Gasteiger partial charge in [0.2, 0.25) is 0 Å². The first kappa shape index (κ1) is 25.4. The molecule has 5 nitrogen and oxygen atoms in total. The molecule has 2 aromatic heterocycles. The second kappa shape index (κ2) is 12.3. The van der Waals surface area contributed by atoms with Crippen molar-refractivity contribution in [2.24, 2.45) is 10.7 Å². The molecule has 0 spiro atoms. The third-order valence-electron chi connectivity index (χ3n) is 5.70. The zero-order valence-corrected chi connectivity index (χ0v) is 21.4. The van der Waals surface area contributed by atoms with Crippen LogP contribution in [0, 0.1) is 0 Å². The second-order valence-corrected chi connectivity index (χ2v) is 9.33. The van der Waals surface area contributed by atoms with Gasteiger partial charge in [0.05, 0.1) is 29.0 Å². The molecular weight excluding hydrogens is 486 g/mol. The SMILES string of the molecule is Cl.NC(=Nc1ccc(-c2cnc(CN(Cc3ccccc3)Cc3ccccc3)[nH]2)cc1)c1cccs1. The quantitative estimate of drug-likeness (QED) is 0.168. The Balaban J connectivity index is 0.00000304. The van der Waals surface area contributed by atoms with E-state index < -0.39 is 0 Å². The highest BCUT2D eigenvalue weighted by Crippen LogP contribution is 2.23. The second-order valence-electron chi connectivity index (χ2n) is 8.38. The van der Waals surface area contributed by atoms with Crippen molar-refractivity contribution in [3.63, 3.8) is 0 Å². The summed E-state index contributed by atoms with van der Waals surface area (Å²) >= 11 is 1.59. The van der Waals surface area contributed by atoms with Gasteiger partial charge in [-0.05, 0) is 40.3 Å². The van der Waals surface area contributed by atoms with Crippen LogP contribution in [0.1, 0.15) is 21.8 Å². The normalized spacial score (nSPS) is 11.4. The molecule has 3 aromatic carbocycles. The Bertz CT molecular complexity index is 1320. The smallest absolute Gasteiger partial charge is 0.141 e. The van der Waals surface area contributed by atoms with Gasteiger partial charge in [0, 0.05) is 13.1 Å². The maximum absolute atomic E-state index is 6.12. The highest BCUT2D eigenvalue weighted by Gasteiger charge is 2.12. The van der Waals surface area contributed by atoms with Crippen LogP contribution in [0.15, 0.2) is 114 Å². The molecule has 0 atom stereocenters. The number of nitrogens with one attached hydrogen (secondary N) is 1. The summed E-state index contributed by atoms with van der Waals surface area (Å²) in [6.45, 7) is 2.43. The monoisotopic (exact) mass is 513 g/mol. The fourth-order valence-corrected chi connectivity index (χ4v) is 4.61. The topological polar surface area (TPSA) is 70.3 Å². The van der Waals surface area contributed by atoms with E-state index in [2.05, 4.69) is 80.5 Å². The van der Waals surface area contributed by atoms with Crippen molar-refractivity contribution in [1.29, 1.82) is 0 Å². The van der Waals surface area contributed by atoms with Crippen LogP contribution in [-0.4, -0.2) is 20.7 Å². The van der Waals surface area contributed by atoms with Crippen molar-refractivity contribution in [3.8, 4) is 11.3 Å². The maximum Gasteiger partial charge on any atom is 0.141 e. The molecule has 0 bridgehead atoms. The molecule has 0 saturated heterocycles. The van der Waals surface area contributed by atoms with Crippen LogP contribution in [0.3, 0.4) is 0 Å². The molecule has 36 heavy (non-hydrogen) atoms. The zero-order valence-electron chi connectivity index (χ0n) is 19.7. The molecule has 5 aromatic rings. The number of aliphatic imine (C=N–C) groups is 1. The van der Waals surface area contributed by atoms with E-state index in [4.69, 9.17) is 5.73 Å². The highest BCUT2D eigenvalue weighted by molar-refractivity contribution is 7.12. The molecule has 0 aliphatic rings. The largest absolute Gasteiger partial charge is 0.383 e. The van der Waals surface area contributed by atoms with E-state index in [1.54, 1.807) is 11.3 Å². The van der Waals surface area contributed by atoms with Crippen LogP contribution < -0.4 is 5.73 Å². The number of nitrogens with two attached hydrogens (primary N) is 1. The van der Waals surface area contributed by atoms with Gasteiger partial charge in [-0.15, -0.1) is 23.7 Å². The van der Waals surface area contributed by atoms with Crippen molar-refractivity contribution >= 4 is 35.3 Å². The number of imidazole rings is 1. The number of hydrogen-bond donors (Lipinski definition) is 2. The van der Waals surface area contributed by atoms with Crippen LogP contribution in [0.2, 0.25) is 0 Å². The Morgan fingerprint density at radius 3 is 2.03 bits per heavy atom. The van der Waals surface area contributed by atoms with Gasteiger partial charge in [0.1, 0.15) is 11.7 Å². The standard InChI is InChI=1S/C29H27N5S.ClH/c30-29(27-12-7-17-35-27)32-25-15-13-24(14-16-25)26-18-31-28(33-26)21-34(19-22-8-3-1-4-9-22)20-23-10-5-2-6-11-23;/h1-18H,19-21H2,(H2,30,32)(H,31,33);1H. The lowest BCUT2D eigenvalue weighted by molar-refractivity contribution is 0.242. The van der Waals surface area contributed by atoms with Crippen molar-refractivity contribution in [2.45, 2.75) is 19.6 Å². The summed E-state index contributed by atoms with van der Waals surface area (Å²) in [5.74, 6) is 1.48. The number of aromatic amines is 1. The van der Waals surface area contributed by atoms with Crippen LogP contribution in [0.25, 0.3) is 11.3 Å². The number of hydrogen-bond acceptors (Lipinski definition) is 4. The minimum absolute atomic E-state index is 0. The van der Waals surface area contributed by atoms with Crippen LogP contribution in [0.5, 0.6) is 0 Å². The summed E-state index contributed by atoms with van der Waals surface area (Å²) in [4.78, 5) is 16.1. The average Bonchev–Trinajstić information content (AvgIpc) is 3.59. The van der Waals surface area contributed by atoms with Crippen LogP contribution in [-0.2, 0) is 19.6 Å². The third-order valence-corrected chi connectivity index (χ3v) is 6.59. The first-order valence-electron chi connectivity index (χ1n) is 11.6. The molecule has 2 heterocycles. The fraction of sp³-hybridized carbons (Fsp3) is 0.103. The van der Waals surface area contributed by atoms with E-state index in [0.29, 0.717) is 5.84 Å². The summed E-state index contributed by atoms with van der Waals surface area (Å²) < 4.78 is 0. The molecule has 0 radical (unpaired) electrons. The number of aromatic nitrogens is 2. The molecule has 7 heteroatoms. The predicted molar refractivity (Wildman–Crippen MR) is 152 cm³/mol. The van der Waals surface area contributed by atoms with Crippen LogP contribution in [0.4, 0.5) is 5.69 Å². The lowest BCUT2D eigenvalue weighted by Gasteiger charge is -2.21. The van der Waals surface area contributed by atoms with Crippen molar-refractivity contribution < 1.29 is 0 Å². The fourth-order valence-electron chi connectivity index (χ4n) is 3.99. The molecule has 0 aliphatic heterocycles. The number of benzene rings is 3. The summed E-state index contributed by atoms with van der Waals surface area (Å²) in [6.07, 6.45) is 1.90. The van der Waals surface area contributed by atoms with E-state index in [9.17, 15) is 0 Å². The Morgan fingerprint density at radius 2 is 1.44 bits per heavy atom. The van der Waals surface area contributed by atoms with E-state index in [-0.39, 0.29) is 12.4 Å². The van der Waals surface area contributed by atoms with E-state index in [0.717, 1.165) is 47.3 Å². The number of rotatable bonds is 9. The molecular formula is C29H28ClN5S. The first-order chi connectivity index (χ1) is 17.2. The third kappa shape index (κ3) is 6.70. The van der Waals surface area contributed by atoms with E-state index >= 15 is 0 Å². The molecule has 5 rings (SSSR count). The Kier molecular flexibility index (Phi) is 8.68. The van der Waals surface area contributed by atoms with Crippen molar-refractivity contribution in [1.82, 2.24) is 14.9 Å². The maximum atomic E-state index is 6.12. The summed E-state index contributed by atoms with van der Waals surface area (Å²) in [5, 5.41) is 2.00. The highest BCUT2D eigenvalue weighted by atomic mass is 35.5. The Morgan fingerprint density at radius 1 is 0.806 bits per heavy atom. The summed E-state index contributed by atoms with van der Waals surface area (Å²) in [6, 6.07) is 33.1. The number of amidine groups is 1. The summed E-state index contributed by atoms with van der Waals surface area (Å²) in [7, 11) is 0. The number of H-pyrrole nitrogens is 1. The minimum Gasteiger partial charge on any atom is -0.383 e. The van der Waals surface area contributed by atoms with E-state index in [1.807, 2.05) is 48.0 Å². The molecule has 0 saturated carbocycles. The molecule has 0 aliphatic carbocycles. The minimum atomic E-state index is 0. The van der Waals surface area contributed by atoms with Crippen molar-refractivity contribution in [3.05, 3.63) is 130 Å². The van der Waals surface area contributed by atoms with Gasteiger partial charge >= 0.3 is 0 Å². The number of thiophene rings is 1. The average molecular weight is 514 g/mol. The number of halogens is 1. The van der Waals surface area contributed by atoms with Gasteiger partial charge in [0.15, 0.2) is 0 Å². The van der Waals surface area contributed by atoms with Gasteiger partial charge in [-0.2, -0.15) is 0 Å². The van der Waals surface area contributed by atoms with Gasteiger partial charge in [-0.3, -0.25) is 4.90 Å². The Hall–Kier alpha value is -3.71. The summed E-state index contributed by atoms with van der Waals surface area (Å²) in [5.41, 5.74) is 11.6. The van der Waals surface area contributed by atoms with Gasteiger partial charge in [-0.25, -0.2) is 9.98 Å². The first-order valence-corrected chi connectivity index (χ1v) is 12.4. The van der Waals surface area contributed by atoms with Crippen molar-refractivity contribution in [2.75, 3.05) is 0 Å². The van der Waals surface area contributed by atoms with Gasteiger partial charge in [0.25, 0.3) is 0 Å². The van der Waals surface area contributed by atoms with Gasteiger partial charge < -0.3 is 10.7 Å². The zero-order chi connectivity index (χ0) is 23.9. The molecule has 0 fully saturated rings. The molecule has 3 N–H and O–H groups in total. The number of nitrogens with zero attached hydrogens (tertiary/aromatic N) is 3. The van der Waals surface area contributed by atoms with Gasteiger partial charge in [-0.1, -0.05) is 78.9 Å². The Labute approximate surface area is 221 Å². The predicted octanol–water partition coefficient (Wildman–Crippen LogP) is 6.80. The lowest BCUT2D eigenvalue weighted by Crippen LogP contribution is -2.23. The molecule has 0 unspecified atom stereocenters. The molecule has 182 valence electrons. The van der Waals surface area contributed by atoms with Crippen LogP contribution >= 0.6 is 23.7 Å². The molecule has 0 amide bonds. The van der Waals surface area contributed by atoms with E-state index in [1.165, 1.54) is 11.1 Å². The lowest BCUT2D eigenvalue weighted by atomic mass is 10.1.